The Kier molecular flexibility index (Phi) is 5.12. The molecule has 112 valence electrons. The lowest BCUT2D eigenvalue weighted by molar-refractivity contribution is 0.0788. The first-order chi connectivity index (χ1) is 10.0. The van der Waals surface area contributed by atoms with Crippen molar-refractivity contribution in [2.45, 2.75) is 33.2 Å². The van der Waals surface area contributed by atoms with Gasteiger partial charge in [0.1, 0.15) is 5.82 Å². The first-order valence-corrected chi connectivity index (χ1v) is 7.92. The second kappa shape index (κ2) is 6.85. The number of aryl methyl sites for hydroxylation is 2. The maximum absolute atomic E-state index is 13.6. The maximum atomic E-state index is 13.6. The normalized spacial score (nSPS) is 10.7. The molecular formula is C17H20FNOS. The van der Waals surface area contributed by atoms with Crippen molar-refractivity contribution in [1.29, 1.82) is 0 Å². The van der Waals surface area contributed by atoms with Crippen LogP contribution in [0.4, 0.5) is 4.39 Å². The smallest absolute Gasteiger partial charge is 0.263 e. The molecule has 0 bridgehead atoms. The Hall–Kier alpha value is -1.68. The summed E-state index contributed by atoms with van der Waals surface area (Å²) >= 11 is 1.52. The van der Waals surface area contributed by atoms with Crippen LogP contribution >= 0.6 is 11.3 Å². The van der Waals surface area contributed by atoms with E-state index in [0.717, 1.165) is 17.7 Å². The zero-order valence-corrected chi connectivity index (χ0v) is 13.5. The highest BCUT2D eigenvalue weighted by molar-refractivity contribution is 7.14. The van der Waals surface area contributed by atoms with E-state index in [1.54, 1.807) is 30.1 Å². The van der Waals surface area contributed by atoms with Gasteiger partial charge >= 0.3 is 0 Å². The Labute approximate surface area is 129 Å². The fourth-order valence-corrected chi connectivity index (χ4v) is 3.35. The lowest BCUT2D eigenvalue weighted by Crippen LogP contribution is -2.25. The van der Waals surface area contributed by atoms with Gasteiger partial charge in [-0.1, -0.05) is 31.5 Å². The SMILES string of the molecule is CCCc1cc(C(=O)N(C)Cc2ccccc2F)sc1C. The summed E-state index contributed by atoms with van der Waals surface area (Å²) < 4.78 is 13.6. The number of carbonyl (C=O) groups is 1. The highest BCUT2D eigenvalue weighted by Crippen LogP contribution is 2.24. The summed E-state index contributed by atoms with van der Waals surface area (Å²) in [4.78, 5) is 15.9. The summed E-state index contributed by atoms with van der Waals surface area (Å²) in [6, 6.07) is 8.54. The summed E-state index contributed by atoms with van der Waals surface area (Å²) in [5, 5.41) is 0. The molecular weight excluding hydrogens is 285 g/mol. The highest BCUT2D eigenvalue weighted by Gasteiger charge is 2.17. The van der Waals surface area contributed by atoms with E-state index in [1.165, 1.54) is 27.8 Å². The van der Waals surface area contributed by atoms with Crippen LogP contribution in [0.1, 0.15) is 39.0 Å². The molecule has 1 amide bonds. The number of nitrogens with zero attached hydrogens (tertiary/aromatic N) is 1. The number of halogens is 1. The van der Waals surface area contributed by atoms with E-state index in [0.29, 0.717) is 5.56 Å². The molecule has 0 aliphatic rings. The third-order valence-electron chi connectivity index (χ3n) is 3.46. The van der Waals surface area contributed by atoms with Gasteiger partial charge in [0.15, 0.2) is 0 Å². The number of carbonyl (C=O) groups excluding carboxylic acids is 1. The number of hydrogen-bond acceptors (Lipinski definition) is 2. The van der Waals surface area contributed by atoms with Crippen molar-refractivity contribution >= 4 is 17.2 Å². The van der Waals surface area contributed by atoms with Gasteiger partial charge in [0.25, 0.3) is 5.91 Å². The van der Waals surface area contributed by atoms with Crippen molar-refractivity contribution < 1.29 is 9.18 Å². The highest BCUT2D eigenvalue weighted by atomic mass is 32.1. The van der Waals surface area contributed by atoms with E-state index in [1.807, 2.05) is 13.0 Å². The van der Waals surface area contributed by atoms with Crippen LogP contribution in [-0.4, -0.2) is 17.9 Å². The molecule has 0 spiro atoms. The largest absolute Gasteiger partial charge is 0.337 e. The Balaban J connectivity index is 2.12. The molecule has 2 aromatic rings. The minimum Gasteiger partial charge on any atom is -0.337 e. The van der Waals surface area contributed by atoms with Gasteiger partial charge in [-0.15, -0.1) is 11.3 Å². The third kappa shape index (κ3) is 3.70. The van der Waals surface area contributed by atoms with Crippen LogP contribution in [0.15, 0.2) is 30.3 Å². The molecule has 1 aromatic heterocycles. The molecule has 2 nitrogen and oxygen atoms in total. The Bertz CT molecular complexity index is 635. The van der Waals surface area contributed by atoms with Crippen molar-refractivity contribution in [3.63, 3.8) is 0 Å². The summed E-state index contributed by atoms with van der Waals surface area (Å²) in [6.45, 7) is 4.46. The number of thiophene rings is 1. The van der Waals surface area contributed by atoms with Crippen molar-refractivity contribution in [3.8, 4) is 0 Å². The number of rotatable bonds is 5. The standard InChI is InChI=1S/C17H20FNOS/c1-4-7-13-10-16(21-12(13)2)17(20)19(3)11-14-8-5-6-9-15(14)18/h5-6,8-10H,4,7,11H2,1-3H3. The van der Waals surface area contributed by atoms with Gasteiger partial charge in [-0.25, -0.2) is 4.39 Å². The van der Waals surface area contributed by atoms with Crippen LogP contribution in [0.2, 0.25) is 0 Å². The third-order valence-corrected chi connectivity index (χ3v) is 4.54. The van der Waals surface area contributed by atoms with E-state index >= 15 is 0 Å². The van der Waals surface area contributed by atoms with E-state index in [9.17, 15) is 9.18 Å². The molecule has 21 heavy (non-hydrogen) atoms. The molecule has 0 aliphatic carbocycles. The van der Waals surface area contributed by atoms with Crippen molar-refractivity contribution in [3.05, 3.63) is 57.0 Å². The lowest BCUT2D eigenvalue weighted by atomic mass is 10.1. The lowest BCUT2D eigenvalue weighted by Gasteiger charge is -2.16. The van der Waals surface area contributed by atoms with Crippen molar-refractivity contribution in [2.24, 2.45) is 0 Å². The quantitative estimate of drug-likeness (QED) is 0.800. The molecule has 0 unspecified atom stereocenters. The monoisotopic (exact) mass is 305 g/mol. The van der Waals surface area contributed by atoms with Crippen LogP contribution in [0.3, 0.4) is 0 Å². The van der Waals surface area contributed by atoms with Gasteiger partial charge in [0.05, 0.1) is 4.88 Å². The average Bonchev–Trinajstić information content (AvgIpc) is 2.82. The minimum absolute atomic E-state index is 0.0475. The van der Waals surface area contributed by atoms with Gasteiger partial charge in [-0.3, -0.25) is 4.79 Å². The first-order valence-electron chi connectivity index (χ1n) is 7.11. The zero-order valence-electron chi connectivity index (χ0n) is 12.6. The van der Waals surface area contributed by atoms with E-state index in [-0.39, 0.29) is 18.3 Å². The van der Waals surface area contributed by atoms with Crippen LogP contribution < -0.4 is 0 Å². The molecule has 0 saturated heterocycles. The van der Waals surface area contributed by atoms with Crippen LogP contribution in [0, 0.1) is 12.7 Å². The summed E-state index contributed by atoms with van der Waals surface area (Å²) in [5.74, 6) is -0.320. The van der Waals surface area contributed by atoms with Crippen LogP contribution in [0.5, 0.6) is 0 Å². The molecule has 0 saturated carbocycles. The molecule has 1 aromatic carbocycles. The molecule has 0 aliphatic heterocycles. The number of benzene rings is 1. The Morgan fingerprint density at radius 2 is 2.00 bits per heavy atom. The first kappa shape index (κ1) is 15.7. The molecule has 0 atom stereocenters. The molecule has 0 fully saturated rings. The van der Waals surface area contributed by atoms with Crippen LogP contribution in [-0.2, 0) is 13.0 Å². The predicted molar refractivity (Wildman–Crippen MR) is 85.2 cm³/mol. The van der Waals surface area contributed by atoms with E-state index in [2.05, 4.69) is 6.92 Å². The zero-order chi connectivity index (χ0) is 15.4. The van der Waals surface area contributed by atoms with Gasteiger partial charge in [-0.05, 0) is 31.0 Å². The molecule has 0 radical (unpaired) electrons. The second-order valence-electron chi connectivity index (χ2n) is 5.19. The van der Waals surface area contributed by atoms with Gasteiger partial charge in [0.2, 0.25) is 0 Å². The molecule has 2 rings (SSSR count). The second-order valence-corrected chi connectivity index (χ2v) is 6.45. The molecule has 1 heterocycles. The van der Waals surface area contributed by atoms with E-state index < -0.39 is 0 Å². The summed E-state index contributed by atoms with van der Waals surface area (Å²) in [5.41, 5.74) is 1.78. The fraction of sp³-hybridized carbons (Fsp3) is 0.353. The topological polar surface area (TPSA) is 20.3 Å². The molecule has 0 N–H and O–H groups in total. The number of amides is 1. The van der Waals surface area contributed by atoms with Gasteiger partial charge in [-0.2, -0.15) is 0 Å². The number of hydrogen-bond donors (Lipinski definition) is 0. The Morgan fingerprint density at radius 1 is 1.29 bits per heavy atom. The van der Waals surface area contributed by atoms with Crippen LogP contribution in [0.25, 0.3) is 0 Å². The average molecular weight is 305 g/mol. The maximum Gasteiger partial charge on any atom is 0.263 e. The minimum atomic E-state index is -0.272. The predicted octanol–water partition coefficient (Wildman–Crippen LogP) is 4.42. The Morgan fingerprint density at radius 3 is 2.67 bits per heavy atom. The van der Waals surface area contributed by atoms with Gasteiger partial charge in [0, 0.05) is 24.0 Å². The van der Waals surface area contributed by atoms with E-state index in [4.69, 9.17) is 0 Å². The van der Waals surface area contributed by atoms with Crippen molar-refractivity contribution in [1.82, 2.24) is 4.90 Å². The van der Waals surface area contributed by atoms with Gasteiger partial charge < -0.3 is 4.90 Å². The summed E-state index contributed by atoms with van der Waals surface area (Å²) in [7, 11) is 1.71. The summed E-state index contributed by atoms with van der Waals surface area (Å²) in [6.07, 6.45) is 2.06. The fourth-order valence-electron chi connectivity index (χ4n) is 2.28. The van der Waals surface area contributed by atoms with Crippen molar-refractivity contribution in [2.75, 3.05) is 7.05 Å². The molecule has 4 heteroatoms.